The lowest BCUT2D eigenvalue weighted by Crippen LogP contribution is -2.40. The summed E-state index contributed by atoms with van der Waals surface area (Å²) in [6.07, 6.45) is 0.681. The molecule has 0 spiro atoms. The van der Waals surface area contributed by atoms with E-state index in [9.17, 15) is 19.1 Å². The van der Waals surface area contributed by atoms with E-state index in [1.165, 1.54) is 24.3 Å². The van der Waals surface area contributed by atoms with Crippen molar-refractivity contribution in [2.75, 3.05) is 5.32 Å². The Morgan fingerprint density at radius 2 is 1.75 bits per heavy atom. The zero-order chi connectivity index (χ0) is 14.3. The molecule has 20 heavy (non-hydrogen) atoms. The summed E-state index contributed by atoms with van der Waals surface area (Å²) in [5.41, 5.74) is 0.448. The first-order chi connectivity index (χ1) is 9.56. The van der Waals surface area contributed by atoms with Crippen molar-refractivity contribution in [3.63, 3.8) is 0 Å². The predicted molar refractivity (Wildman–Crippen MR) is 67.5 cm³/mol. The van der Waals surface area contributed by atoms with E-state index in [2.05, 4.69) is 5.32 Å². The molecule has 2 saturated heterocycles. The number of amides is 1. The first-order valence-electron chi connectivity index (χ1n) is 6.51. The Labute approximate surface area is 114 Å². The minimum atomic E-state index is -1.00. The highest BCUT2D eigenvalue weighted by atomic mass is 19.1. The molecule has 0 aromatic heterocycles. The van der Waals surface area contributed by atoms with Crippen LogP contribution < -0.4 is 5.32 Å². The number of nitrogens with one attached hydrogen (secondary N) is 1. The normalized spacial score (nSPS) is 31.2. The van der Waals surface area contributed by atoms with E-state index in [1.54, 1.807) is 0 Å². The Hall–Kier alpha value is -1.95. The lowest BCUT2D eigenvalue weighted by atomic mass is 9.78. The molecule has 3 rings (SSSR count). The van der Waals surface area contributed by atoms with Gasteiger partial charge in [0, 0.05) is 5.69 Å². The minimum Gasteiger partial charge on any atom is -0.481 e. The van der Waals surface area contributed by atoms with E-state index in [1.807, 2.05) is 0 Å². The highest BCUT2D eigenvalue weighted by Crippen LogP contribution is 2.44. The number of carboxylic acid groups (broad SMARTS) is 1. The standard InChI is InChI=1S/C14H14FNO4/c15-7-1-3-8(4-2-7)16-13(17)11-9-5-6-10(20-9)12(11)14(18)19/h1-4,9-12H,5-6H2,(H,16,17)(H,18,19)/t9-,10+,11-,12-/m0/s1. The summed E-state index contributed by atoms with van der Waals surface area (Å²) in [6, 6.07) is 5.36. The molecule has 6 heteroatoms. The van der Waals surface area contributed by atoms with Crippen LogP contribution in [0.15, 0.2) is 24.3 Å². The lowest BCUT2D eigenvalue weighted by Gasteiger charge is -2.23. The van der Waals surface area contributed by atoms with E-state index in [0.29, 0.717) is 18.5 Å². The van der Waals surface area contributed by atoms with Crippen LogP contribution in [0.5, 0.6) is 0 Å². The fourth-order valence-corrected chi connectivity index (χ4v) is 3.08. The lowest BCUT2D eigenvalue weighted by molar-refractivity contribution is -0.147. The highest BCUT2D eigenvalue weighted by molar-refractivity contribution is 5.96. The van der Waals surface area contributed by atoms with Crippen molar-refractivity contribution in [1.29, 1.82) is 0 Å². The van der Waals surface area contributed by atoms with Crippen LogP contribution in [0, 0.1) is 17.7 Å². The van der Waals surface area contributed by atoms with Crippen LogP contribution in [-0.2, 0) is 14.3 Å². The monoisotopic (exact) mass is 279 g/mol. The third-order valence-electron chi connectivity index (χ3n) is 3.97. The zero-order valence-electron chi connectivity index (χ0n) is 10.6. The molecule has 2 fully saturated rings. The molecule has 4 atom stereocenters. The van der Waals surface area contributed by atoms with Crippen LogP contribution in [0.2, 0.25) is 0 Å². The summed E-state index contributed by atoms with van der Waals surface area (Å²) in [5.74, 6) is -3.26. The first kappa shape index (κ1) is 13.1. The Kier molecular flexibility index (Phi) is 3.17. The molecule has 2 aliphatic heterocycles. The van der Waals surface area contributed by atoms with Crippen molar-refractivity contribution in [2.45, 2.75) is 25.0 Å². The van der Waals surface area contributed by atoms with Crippen LogP contribution in [0.3, 0.4) is 0 Å². The van der Waals surface area contributed by atoms with Crippen molar-refractivity contribution in [3.8, 4) is 0 Å². The van der Waals surface area contributed by atoms with Crippen molar-refractivity contribution in [1.82, 2.24) is 0 Å². The molecule has 0 saturated carbocycles. The number of halogens is 1. The van der Waals surface area contributed by atoms with E-state index in [0.717, 1.165) is 0 Å². The number of aliphatic carboxylic acids is 1. The molecule has 2 bridgehead atoms. The molecule has 0 aliphatic carbocycles. The molecule has 106 valence electrons. The second-order valence-corrected chi connectivity index (χ2v) is 5.18. The van der Waals surface area contributed by atoms with Crippen LogP contribution in [0.4, 0.5) is 10.1 Å². The number of anilines is 1. The largest absolute Gasteiger partial charge is 0.481 e. The summed E-state index contributed by atoms with van der Waals surface area (Å²) in [5, 5.41) is 11.9. The summed E-state index contributed by atoms with van der Waals surface area (Å²) in [7, 11) is 0. The topological polar surface area (TPSA) is 75.6 Å². The maximum absolute atomic E-state index is 12.8. The van der Waals surface area contributed by atoms with Crippen molar-refractivity contribution < 1.29 is 23.8 Å². The Morgan fingerprint density at radius 3 is 2.35 bits per heavy atom. The molecule has 0 radical (unpaired) electrons. The number of hydrogen-bond donors (Lipinski definition) is 2. The smallest absolute Gasteiger partial charge is 0.310 e. The van der Waals surface area contributed by atoms with Gasteiger partial charge in [0.1, 0.15) is 5.82 Å². The van der Waals surface area contributed by atoms with Crippen molar-refractivity contribution >= 4 is 17.6 Å². The van der Waals surface area contributed by atoms with Gasteiger partial charge in [0.2, 0.25) is 5.91 Å². The molecule has 2 heterocycles. The van der Waals surface area contributed by atoms with Gasteiger partial charge in [-0.1, -0.05) is 0 Å². The van der Waals surface area contributed by atoms with Crippen LogP contribution in [0.1, 0.15) is 12.8 Å². The average Bonchev–Trinajstić information content (AvgIpc) is 3.01. The van der Waals surface area contributed by atoms with E-state index >= 15 is 0 Å². The first-order valence-corrected chi connectivity index (χ1v) is 6.51. The van der Waals surface area contributed by atoms with E-state index < -0.39 is 23.6 Å². The molecule has 1 aromatic rings. The van der Waals surface area contributed by atoms with Gasteiger partial charge in [0.25, 0.3) is 0 Å². The van der Waals surface area contributed by atoms with Gasteiger partial charge in [-0.05, 0) is 37.1 Å². The second kappa shape index (κ2) is 4.86. The maximum Gasteiger partial charge on any atom is 0.310 e. The summed E-state index contributed by atoms with van der Waals surface area (Å²) in [4.78, 5) is 23.5. The van der Waals surface area contributed by atoms with Gasteiger partial charge >= 0.3 is 5.97 Å². The summed E-state index contributed by atoms with van der Waals surface area (Å²) in [6.45, 7) is 0. The zero-order valence-corrected chi connectivity index (χ0v) is 10.6. The SMILES string of the molecule is O=C(Nc1ccc(F)cc1)[C@@H]1[C@@H](C(=O)O)[C@H]2CC[C@@H]1O2. The number of rotatable bonds is 3. The molecule has 5 nitrogen and oxygen atoms in total. The van der Waals surface area contributed by atoms with Gasteiger partial charge in [-0.15, -0.1) is 0 Å². The molecular formula is C14H14FNO4. The molecule has 1 aromatic carbocycles. The number of ether oxygens (including phenoxy) is 1. The number of carboxylic acids is 1. The Bertz CT molecular complexity index is 545. The Morgan fingerprint density at radius 1 is 1.15 bits per heavy atom. The van der Waals surface area contributed by atoms with Gasteiger partial charge in [0.05, 0.1) is 24.0 Å². The summed E-state index contributed by atoms with van der Waals surface area (Å²) < 4.78 is 18.3. The fourth-order valence-electron chi connectivity index (χ4n) is 3.08. The quantitative estimate of drug-likeness (QED) is 0.882. The maximum atomic E-state index is 12.8. The van der Waals surface area contributed by atoms with Gasteiger partial charge in [-0.3, -0.25) is 9.59 Å². The van der Waals surface area contributed by atoms with Crippen molar-refractivity contribution in [3.05, 3.63) is 30.1 Å². The van der Waals surface area contributed by atoms with Gasteiger partial charge in [-0.25, -0.2) is 4.39 Å². The number of fused-ring (bicyclic) bond motifs is 2. The minimum absolute atomic E-state index is 0.332. The third-order valence-corrected chi connectivity index (χ3v) is 3.97. The van der Waals surface area contributed by atoms with Gasteiger partial charge < -0.3 is 15.2 Å². The van der Waals surface area contributed by atoms with Gasteiger partial charge in [-0.2, -0.15) is 0 Å². The average molecular weight is 279 g/mol. The predicted octanol–water partition coefficient (Wildman–Crippen LogP) is 1.64. The molecule has 2 aliphatic rings. The van der Waals surface area contributed by atoms with Crippen molar-refractivity contribution in [2.24, 2.45) is 11.8 Å². The van der Waals surface area contributed by atoms with Crippen LogP contribution in [-0.4, -0.2) is 29.2 Å². The highest BCUT2D eigenvalue weighted by Gasteiger charge is 2.55. The van der Waals surface area contributed by atoms with Crippen LogP contribution >= 0.6 is 0 Å². The molecule has 0 unspecified atom stereocenters. The Balaban J connectivity index is 1.76. The van der Waals surface area contributed by atoms with E-state index in [-0.39, 0.29) is 18.1 Å². The number of hydrogen-bond acceptors (Lipinski definition) is 3. The van der Waals surface area contributed by atoms with E-state index in [4.69, 9.17) is 4.74 Å². The fraction of sp³-hybridized carbons (Fsp3) is 0.429. The summed E-state index contributed by atoms with van der Waals surface area (Å²) >= 11 is 0. The number of carbonyl (C=O) groups excluding carboxylic acids is 1. The van der Waals surface area contributed by atoms with Crippen LogP contribution in [0.25, 0.3) is 0 Å². The number of benzene rings is 1. The third kappa shape index (κ3) is 2.16. The molecule has 1 amide bonds. The number of carbonyl (C=O) groups is 2. The molecular weight excluding hydrogens is 265 g/mol. The second-order valence-electron chi connectivity index (χ2n) is 5.18. The molecule has 2 N–H and O–H groups in total. The van der Waals surface area contributed by atoms with Gasteiger partial charge in [0.15, 0.2) is 0 Å².